The minimum atomic E-state index is -0.0250. The van der Waals surface area contributed by atoms with Crippen molar-refractivity contribution in [3.63, 3.8) is 0 Å². The molecule has 1 N–H and O–H groups in total. The Morgan fingerprint density at radius 2 is 2.05 bits per heavy atom. The summed E-state index contributed by atoms with van der Waals surface area (Å²) in [7, 11) is 1.99. The van der Waals surface area contributed by atoms with Crippen LogP contribution in [0, 0.1) is 0 Å². The third-order valence-electron chi connectivity index (χ3n) is 3.36. The summed E-state index contributed by atoms with van der Waals surface area (Å²) < 4.78 is 0. The fourth-order valence-electron chi connectivity index (χ4n) is 2.12. The normalized spacial score (nSPS) is 12.2. The summed E-state index contributed by atoms with van der Waals surface area (Å²) in [4.78, 5) is 6.13. The van der Waals surface area contributed by atoms with Crippen LogP contribution in [0.15, 0.2) is 42.7 Å². The van der Waals surface area contributed by atoms with E-state index in [1.165, 1.54) is 0 Å². The van der Waals surface area contributed by atoms with Crippen molar-refractivity contribution >= 4 is 17.3 Å². The summed E-state index contributed by atoms with van der Waals surface area (Å²) in [5.41, 5.74) is 2.83. The average Bonchev–Trinajstić information content (AvgIpc) is 2.46. The second-order valence-corrected chi connectivity index (χ2v) is 4.88. The lowest BCUT2D eigenvalue weighted by Crippen LogP contribution is -2.23. The van der Waals surface area contributed by atoms with Crippen molar-refractivity contribution in [1.29, 1.82) is 0 Å². The highest BCUT2D eigenvalue weighted by molar-refractivity contribution is 6.31. The van der Waals surface area contributed by atoms with Gasteiger partial charge in [0, 0.05) is 35.7 Å². The largest absolute Gasteiger partial charge is 0.392 e. The van der Waals surface area contributed by atoms with Gasteiger partial charge in [-0.25, -0.2) is 0 Å². The molecule has 2 rings (SSSR count). The molecule has 3 nitrogen and oxygen atoms in total. The number of hydrogen-bond acceptors (Lipinski definition) is 3. The monoisotopic (exact) mass is 276 g/mol. The third-order valence-corrected chi connectivity index (χ3v) is 3.71. The molecule has 1 heterocycles. The fourth-order valence-corrected chi connectivity index (χ4v) is 2.41. The Bertz CT molecular complexity index is 559. The van der Waals surface area contributed by atoms with Gasteiger partial charge in [-0.05, 0) is 24.6 Å². The minimum Gasteiger partial charge on any atom is -0.392 e. The first-order valence-electron chi connectivity index (χ1n) is 6.16. The van der Waals surface area contributed by atoms with E-state index in [1.54, 1.807) is 12.4 Å². The van der Waals surface area contributed by atoms with Crippen LogP contribution < -0.4 is 4.90 Å². The molecule has 19 heavy (non-hydrogen) atoms. The number of halogens is 1. The second kappa shape index (κ2) is 6.04. The maximum atomic E-state index is 9.38. The molecule has 1 aromatic heterocycles. The number of pyridine rings is 1. The Morgan fingerprint density at radius 3 is 2.74 bits per heavy atom. The van der Waals surface area contributed by atoms with Crippen LogP contribution in [0.4, 0.5) is 5.69 Å². The fraction of sp³-hybridized carbons (Fsp3) is 0.267. The molecular weight excluding hydrogens is 260 g/mol. The van der Waals surface area contributed by atoms with Crippen LogP contribution in [0.25, 0.3) is 0 Å². The number of nitrogens with zero attached hydrogens (tertiary/aromatic N) is 2. The standard InChI is InChI=1S/C15H17ClN2O/c1-11(13-5-3-4-6-14(13)16)18(2)15-7-8-17-9-12(15)10-19/h3-9,11,19H,10H2,1-2H3. The Morgan fingerprint density at radius 1 is 1.32 bits per heavy atom. The van der Waals surface area contributed by atoms with Gasteiger partial charge in [0.25, 0.3) is 0 Å². The van der Waals surface area contributed by atoms with Crippen molar-refractivity contribution in [3.05, 3.63) is 58.9 Å². The number of aliphatic hydroxyl groups excluding tert-OH is 1. The Hall–Kier alpha value is -1.58. The Balaban J connectivity index is 2.34. The van der Waals surface area contributed by atoms with Crippen LogP contribution in [0.5, 0.6) is 0 Å². The van der Waals surface area contributed by atoms with Crippen LogP contribution in [-0.2, 0) is 6.61 Å². The molecule has 0 amide bonds. The van der Waals surface area contributed by atoms with E-state index in [2.05, 4.69) is 16.8 Å². The SMILES string of the molecule is CC(c1ccccc1Cl)N(C)c1ccncc1CO. The van der Waals surface area contributed by atoms with E-state index in [4.69, 9.17) is 11.6 Å². The van der Waals surface area contributed by atoms with Crippen molar-refractivity contribution in [2.75, 3.05) is 11.9 Å². The summed E-state index contributed by atoms with van der Waals surface area (Å²) in [5.74, 6) is 0. The van der Waals surface area contributed by atoms with Crippen LogP contribution in [0.1, 0.15) is 24.1 Å². The number of anilines is 1. The molecule has 4 heteroatoms. The molecule has 0 saturated heterocycles. The maximum absolute atomic E-state index is 9.38. The highest BCUT2D eigenvalue weighted by Gasteiger charge is 2.16. The van der Waals surface area contributed by atoms with Crippen molar-refractivity contribution in [2.45, 2.75) is 19.6 Å². The van der Waals surface area contributed by atoms with Crippen LogP contribution >= 0.6 is 11.6 Å². The summed E-state index contributed by atoms with van der Waals surface area (Å²) in [6, 6.07) is 9.82. The van der Waals surface area contributed by atoms with E-state index < -0.39 is 0 Å². The lowest BCUT2D eigenvalue weighted by Gasteiger charge is -2.29. The maximum Gasteiger partial charge on any atom is 0.0717 e. The smallest absolute Gasteiger partial charge is 0.0717 e. The van der Waals surface area contributed by atoms with Gasteiger partial charge in [-0.2, -0.15) is 0 Å². The predicted molar refractivity (Wildman–Crippen MR) is 78.4 cm³/mol. The summed E-state index contributed by atoms with van der Waals surface area (Å²) >= 11 is 6.24. The van der Waals surface area contributed by atoms with Gasteiger partial charge in [-0.3, -0.25) is 4.98 Å². The van der Waals surface area contributed by atoms with Gasteiger partial charge < -0.3 is 10.0 Å². The van der Waals surface area contributed by atoms with Gasteiger partial charge in [-0.15, -0.1) is 0 Å². The van der Waals surface area contributed by atoms with Gasteiger partial charge in [0.15, 0.2) is 0 Å². The van der Waals surface area contributed by atoms with Gasteiger partial charge in [0.1, 0.15) is 0 Å². The Kier molecular flexibility index (Phi) is 4.40. The highest BCUT2D eigenvalue weighted by Crippen LogP contribution is 2.31. The van der Waals surface area contributed by atoms with Crippen LogP contribution in [0.2, 0.25) is 5.02 Å². The first-order valence-corrected chi connectivity index (χ1v) is 6.54. The number of benzene rings is 1. The number of rotatable bonds is 4. The van der Waals surface area contributed by atoms with E-state index in [9.17, 15) is 5.11 Å². The van der Waals surface area contributed by atoms with Crippen molar-refractivity contribution in [1.82, 2.24) is 4.98 Å². The quantitative estimate of drug-likeness (QED) is 0.929. The summed E-state index contributed by atoms with van der Waals surface area (Å²) in [5, 5.41) is 10.1. The molecule has 0 saturated carbocycles. The van der Waals surface area contributed by atoms with Crippen LogP contribution in [-0.4, -0.2) is 17.1 Å². The van der Waals surface area contributed by atoms with E-state index >= 15 is 0 Å². The topological polar surface area (TPSA) is 36.4 Å². The number of aromatic nitrogens is 1. The molecule has 0 radical (unpaired) electrons. The number of hydrogen-bond donors (Lipinski definition) is 1. The lowest BCUT2D eigenvalue weighted by molar-refractivity contribution is 0.281. The molecule has 0 aliphatic rings. The van der Waals surface area contributed by atoms with Gasteiger partial charge in [0.2, 0.25) is 0 Å². The van der Waals surface area contributed by atoms with Gasteiger partial charge in [-0.1, -0.05) is 29.8 Å². The molecule has 0 spiro atoms. The molecule has 0 fully saturated rings. The molecule has 1 aromatic carbocycles. The molecule has 2 aromatic rings. The van der Waals surface area contributed by atoms with Gasteiger partial charge >= 0.3 is 0 Å². The third kappa shape index (κ3) is 2.88. The second-order valence-electron chi connectivity index (χ2n) is 4.47. The van der Waals surface area contributed by atoms with Crippen molar-refractivity contribution in [3.8, 4) is 0 Å². The molecule has 0 aliphatic carbocycles. The van der Waals surface area contributed by atoms with Crippen molar-refractivity contribution in [2.24, 2.45) is 0 Å². The summed E-state index contributed by atoms with van der Waals surface area (Å²) in [6.45, 7) is 2.06. The first-order chi connectivity index (χ1) is 9.15. The molecule has 0 bridgehead atoms. The van der Waals surface area contributed by atoms with Gasteiger partial charge in [0.05, 0.1) is 12.6 Å². The van der Waals surface area contributed by atoms with E-state index in [0.29, 0.717) is 0 Å². The molecule has 1 atom stereocenters. The molecule has 0 aliphatic heterocycles. The zero-order chi connectivity index (χ0) is 13.8. The Labute approximate surface area is 118 Å². The van der Waals surface area contributed by atoms with E-state index in [1.807, 2.05) is 37.4 Å². The molecular formula is C15H17ClN2O. The van der Waals surface area contributed by atoms with E-state index in [0.717, 1.165) is 21.8 Å². The lowest BCUT2D eigenvalue weighted by atomic mass is 10.1. The summed E-state index contributed by atoms with van der Waals surface area (Å²) in [6.07, 6.45) is 3.41. The molecule has 100 valence electrons. The predicted octanol–water partition coefficient (Wildman–Crippen LogP) is 3.42. The number of aliphatic hydroxyl groups is 1. The molecule has 1 unspecified atom stereocenters. The zero-order valence-corrected chi connectivity index (χ0v) is 11.8. The van der Waals surface area contributed by atoms with Crippen LogP contribution in [0.3, 0.4) is 0 Å². The van der Waals surface area contributed by atoms with E-state index in [-0.39, 0.29) is 12.6 Å². The van der Waals surface area contributed by atoms with Crippen molar-refractivity contribution < 1.29 is 5.11 Å². The zero-order valence-electron chi connectivity index (χ0n) is 11.0. The highest BCUT2D eigenvalue weighted by atomic mass is 35.5. The minimum absolute atomic E-state index is 0.0250. The first kappa shape index (κ1) is 13.8. The average molecular weight is 277 g/mol.